The molecular weight excluding hydrogens is 258 g/mol. The zero-order chi connectivity index (χ0) is 14.2. The third kappa shape index (κ3) is 1.94. The molecule has 0 aliphatic carbocycles. The second kappa shape index (κ2) is 4.63. The molecule has 0 bridgehead atoms. The number of hydrogen-bond acceptors (Lipinski definition) is 0. The summed E-state index contributed by atoms with van der Waals surface area (Å²) in [4.78, 5) is 4.73. The Kier molecular flexibility index (Phi) is 2.64. The van der Waals surface area contributed by atoms with Crippen LogP contribution in [-0.2, 0) is 0 Å². The Labute approximate surface area is 123 Å². The van der Waals surface area contributed by atoms with E-state index in [2.05, 4.69) is 58.8 Å². The summed E-state index contributed by atoms with van der Waals surface area (Å²) >= 11 is 0. The molecule has 0 fully saturated rings. The number of nitrogens with zero attached hydrogens (tertiary/aromatic N) is 3. The third-order valence-corrected chi connectivity index (χ3v) is 3.83. The van der Waals surface area contributed by atoms with Gasteiger partial charge in [0, 0.05) is 41.4 Å². The van der Waals surface area contributed by atoms with Crippen LogP contribution in [0, 0.1) is 6.92 Å². The van der Waals surface area contributed by atoms with Gasteiger partial charge in [-0.2, -0.15) is 0 Å². The van der Waals surface area contributed by atoms with Crippen LogP contribution in [0.4, 0.5) is 0 Å². The maximum absolute atomic E-state index is 4.73. The van der Waals surface area contributed by atoms with Gasteiger partial charge in [0.2, 0.25) is 0 Å². The van der Waals surface area contributed by atoms with E-state index < -0.39 is 0 Å². The predicted octanol–water partition coefficient (Wildman–Crippen LogP) is 3.17. The molecule has 3 heteroatoms. The van der Waals surface area contributed by atoms with Crippen LogP contribution in [0.3, 0.4) is 0 Å². The molecule has 0 amide bonds. The van der Waals surface area contributed by atoms with E-state index in [4.69, 9.17) is 4.98 Å². The van der Waals surface area contributed by atoms with E-state index in [1.165, 1.54) is 10.9 Å². The maximum atomic E-state index is 4.73. The standard InChI is InChI=1S/C18H15N3/c1-14-16-6-2-3-7-17(16)19-18(14)21-12-8-15(9-13-21)20-10-4-5-11-20/h2-13H,1H3. The van der Waals surface area contributed by atoms with E-state index in [1.54, 1.807) is 0 Å². The number of aromatic nitrogens is 3. The smallest absolute Gasteiger partial charge is 0.140 e. The van der Waals surface area contributed by atoms with Crippen LogP contribution in [0.5, 0.6) is 0 Å². The van der Waals surface area contributed by atoms with Crippen LogP contribution in [0.15, 0.2) is 73.3 Å². The van der Waals surface area contributed by atoms with Crippen molar-refractivity contribution in [3.63, 3.8) is 0 Å². The molecule has 0 aliphatic heterocycles. The summed E-state index contributed by atoms with van der Waals surface area (Å²) in [7, 11) is 0. The van der Waals surface area contributed by atoms with E-state index in [9.17, 15) is 0 Å². The predicted molar refractivity (Wildman–Crippen MR) is 82.9 cm³/mol. The van der Waals surface area contributed by atoms with E-state index in [0.717, 1.165) is 17.0 Å². The number of para-hydroxylation sites is 1. The molecule has 21 heavy (non-hydrogen) atoms. The molecule has 0 aliphatic rings. The monoisotopic (exact) mass is 273 g/mol. The maximum Gasteiger partial charge on any atom is 0.140 e. The number of pyridine rings is 1. The first-order valence-corrected chi connectivity index (χ1v) is 7.00. The first-order valence-electron chi connectivity index (χ1n) is 7.00. The molecule has 0 saturated carbocycles. The van der Waals surface area contributed by atoms with Gasteiger partial charge < -0.3 is 9.13 Å². The molecule has 3 heterocycles. The van der Waals surface area contributed by atoms with Gasteiger partial charge in [-0.25, -0.2) is 4.98 Å². The second-order valence-corrected chi connectivity index (χ2v) is 5.13. The number of hydrogen-bond donors (Lipinski definition) is 0. The SMILES string of the molecule is Cc1c(-[n+]2ccc(-n3cccc3)cc2)[n-]c2ccccc12. The van der Waals surface area contributed by atoms with Crippen molar-refractivity contribution in [2.75, 3.05) is 0 Å². The third-order valence-electron chi connectivity index (χ3n) is 3.83. The van der Waals surface area contributed by atoms with E-state index >= 15 is 0 Å². The highest BCUT2D eigenvalue weighted by Gasteiger charge is 2.09. The van der Waals surface area contributed by atoms with Crippen LogP contribution >= 0.6 is 0 Å². The molecule has 0 radical (unpaired) electrons. The first kappa shape index (κ1) is 12.0. The first-order chi connectivity index (χ1) is 10.3. The van der Waals surface area contributed by atoms with Gasteiger partial charge in [0.25, 0.3) is 0 Å². The Morgan fingerprint density at radius 1 is 0.905 bits per heavy atom. The van der Waals surface area contributed by atoms with Gasteiger partial charge in [-0.15, -0.1) is 0 Å². The molecule has 0 N–H and O–H groups in total. The second-order valence-electron chi connectivity index (χ2n) is 5.13. The molecule has 0 atom stereocenters. The van der Waals surface area contributed by atoms with Gasteiger partial charge in [0.05, 0.1) is 5.52 Å². The van der Waals surface area contributed by atoms with Crippen LogP contribution < -0.4 is 9.55 Å². The summed E-state index contributed by atoms with van der Waals surface area (Å²) < 4.78 is 4.16. The van der Waals surface area contributed by atoms with Crippen molar-refractivity contribution >= 4 is 10.9 Å². The van der Waals surface area contributed by atoms with Gasteiger partial charge in [-0.05, 0) is 37.3 Å². The van der Waals surface area contributed by atoms with Crippen molar-refractivity contribution in [2.45, 2.75) is 6.92 Å². The van der Waals surface area contributed by atoms with Gasteiger partial charge in [0.15, 0.2) is 0 Å². The van der Waals surface area contributed by atoms with Crippen molar-refractivity contribution in [1.82, 2.24) is 9.55 Å². The Hall–Kier alpha value is -2.81. The van der Waals surface area contributed by atoms with Crippen molar-refractivity contribution < 1.29 is 4.57 Å². The average molecular weight is 273 g/mol. The number of aryl methyl sites for hydroxylation is 1. The van der Waals surface area contributed by atoms with Crippen molar-refractivity contribution in [2.24, 2.45) is 0 Å². The molecule has 3 aromatic heterocycles. The highest BCUT2D eigenvalue weighted by molar-refractivity contribution is 5.85. The number of fused-ring (bicyclic) bond motifs is 1. The fraction of sp³-hybridized carbons (Fsp3) is 0.0556. The summed E-state index contributed by atoms with van der Waals surface area (Å²) in [6, 6.07) is 16.5. The van der Waals surface area contributed by atoms with Crippen LogP contribution in [0.25, 0.3) is 22.4 Å². The normalized spacial score (nSPS) is 11.1. The molecular formula is C18H15N3. The number of benzene rings is 1. The minimum absolute atomic E-state index is 0.996. The fourth-order valence-electron chi connectivity index (χ4n) is 2.70. The summed E-state index contributed by atoms with van der Waals surface area (Å²) in [6.45, 7) is 2.12. The fourth-order valence-corrected chi connectivity index (χ4v) is 2.70. The van der Waals surface area contributed by atoms with Crippen molar-refractivity contribution in [3.05, 3.63) is 78.9 Å². The van der Waals surface area contributed by atoms with Crippen molar-refractivity contribution in [1.29, 1.82) is 0 Å². The molecule has 0 saturated heterocycles. The summed E-state index contributed by atoms with van der Waals surface area (Å²) in [5, 5.41) is 1.22. The van der Waals surface area contributed by atoms with E-state index in [0.29, 0.717) is 0 Å². The quantitative estimate of drug-likeness (QED) is 0.514. The number of rotatable bonds is 2. The van der Waals surface area contributed by atoms with Crippen LogP contribution in [-0.4, -0.2) is 4.57 Å². The molecule has 4 aromatic rings. The molecule has 3 nitrogen and oxygen atoms in total. The molecule has 1 aromatic carbocycles. The molecule has 0 spiro atoms. The minimum atomic E-state index is 0.996. The Morgan fingerprint density at radius 3 is 2.33 bits per heavy atom. The largest absolute Gasteiger partial charge is 0.324 e. The van der Waals surface area contributed by atoms with Crippen LogP contribution in [0.1, 0.15) is 5.56 Å². The van der Waals surface area contributed by atoms with Gasteiger partial charge in [-0.3, -0.25) is 0 Å². The lowest BCUT2D eigenvalue weighted by Gasteiger charge is -2.07. The highest BCUT2D eigenvalue weighted by atomic mass is 15.1. The molecule has 4 rings (SSSR count). The average Bonchev–Trinajstić information content (AvgIpc) is 3.17. The summed E-state index contributed by atoms with van der Waals surface area (Å²) in [6.07, 6.45) is 8.20. The lowest BCUT2D eigenvalue weighted by Crippen LogP contribution is -2.31. The van der Waals surface area contributed by atoms with Crippen LogP contribution in [0.2, 0.25) is 0 Å². The summed E-state index contributed by atoms with van der Waals surface area (Å²) in [5.74, 6) is 0.996. The zero-order valence-corrected chi connectivity index (χ0v) is 11.8. The zero-order valence-electron chi connectivity index (χ0n) is 11.8. The van der Waals surface area contributed by atoms with Gasteiger partial charge >= 0.3 is 0 Å². The Morgan fingerprint density at radius 2 is 1.62 bits per heavy atom. The van der Waals surface area contributed by atoms with Gasteiger partial charge in [0.1, 0.15) is 5.82 Å². The lowest BCUT2D eigenvalue weighted by molar-refractivity contribution is -0.599. The van der Waals surface area contributed by atoms with Crippen molar-refractivity contribution in [3.8, 4) is 11.5 Å². The Balaban J connectivity index is 1.80. The molecule has 102 valence electrons. The lowest BCUT2D eigenvalue weighted by atomic mass is 10.2. The van der Waals surface area contributed by atoms with E-state index in [-0.39, 0.29) is 0 Å². The highest BCUT2D eigenvalue weighted by Crippen LogP contribution is 2.20. The van der Waals surface area contributed by atoms with E-state index in [1.807, 2.05) is 30.6 Å². The minimum Gasteiger partial charge on any atom is -0.324 e. The molecule has 0 unspecified atom stereocenters. The summed E-state index contributed by atoms with van der Waals surface area (Å²) in [5.41, 5.74) is 3.40. The Bertz CT molecular complexity index is 884. The van der Waals surface area contributed by atoms with Gasteiger partial charge in [-0.1, -0.05) is 18.2 Å². The topological polar surface area (TPSA) is 22.9 Å².